The van der Waals surface area contributed by atoms with Gasteiger partial charge in [0, 0.05) is 11.3 Å². The van der Waals surface area contributed by atoms with Gasteiger partial charge in [0.15, 0.2) is 5.82 Å². The van der Waals surface area contributed by atoms with E-state index in [2.05, 4.69) is 32.8 Å². The van der Waals surface area contributed by atoms with Gasteiger partial charge < -0.3 is 14.6 Å². The summed E-state index contributed by atoms with van der Waals surface area (Å²) in [4.78, 5) is 18.0. The molecule has 0 saturated heterocycles. The van der Waals surface area contributed by atoms with Crippen molar-refractivity contribution in [2.75, 3.05) is 0 Å². The van der Waals surface area contributed by atoms with Crippen LogP contribution < -0.4 is 10.0 Å². The lowest BCUT2D eigenvalue weighted by Crippen LogP contribution is -2.32. The number of carbonyl (C=O) groups excluding carboxylic acids is 1. The fraction of sp³-hybridized carbons (Fsp3) is 0.190. The van der Waals surface area contributed by atoms with Crippen molar-refractivity contribution in [3.8, 4) is 0 Å². The van der Waals surface area contributed by atoms with E-state index >= 15 is 0 Å². The summed E-state index contributed by atoms with van der Waals surface area (Å²) < 4.78 is 8.32. The van der Waals surface area contributed by atoms with Crippen LogP contribution in [0.1, 0.15) is 35.8 Å². The fourth-order valence-corrected chi connectivity index (χ4v) is 3.28. The summed E-state index contributed by atoms with van der Waals surface area (Å²) in [6.45, 7) is 7.46. The molecule has 6 nitrogen and oxygen atoms in total. The molecule has 1 aliphatic heterocycles. The normalized spacial score (nSPS) is 14.4. The summed E-state index contributed by atoms with van der Waals surface area (Å²) in [5.41, 5.74) is 2.68. The van der Waals surface area contributed by atoms with Crippen molar-refractivity contribution in [1.29, 1.82) is 0 Å². The highest BCUT2D eigenvalue weighted by Gasteiger charge is 2.21. The van der Waals surface area contributed by atoms with Crippen molar-refractivity contribution in [3.05, 3.63) is 83.7 Å². The molecule has 0 radical (unpaired) electrons. The lowest BCUT2D eigenvalue weighted by atomic mass is 10.1. The number of carbonyl (C=O) groups is 1. The number of amides is 1. The minimum atomic E-state index is -0.374. The Kier molecular flexibility index (Phi) is 6.49. The van der Waals surface area contributed by atoms with E-state index in [-0.39, 0.29) is 11.9 Å². The summed E-state index contributed by atoms with van der Waals surface area (Å²) in [7, 11) is 0. The van der Waals surface area contributed by atoms with Gasteiger partial charge in [-0.05, 0) is 43.5 Å². The molecule has 1 aromatic carbocycles. The van der Waals surface area contributed by atoms with Crippen molar-refractivity contribution < 1.29 is 9.32 Å². The molecule has 1 unspecified atom stereocenters. The van der Waals surface area contributed by atoms with Crippen molar-refractivity contribution in [1.82, 2.24) is 20.2 Å². The SMILES string of the molecule is C=C/C=C\C=C/Cc1nc(C(C)NC(=O)C2=Cc3cc(C)ccc3SN2)no1. The molecule has 2 heterocycles. The number of benzene rings is 1. The van der Waals surface area contributed by atoms with Gasteiger partial charge >= 0.3 is 0 Å². The van der Waals surface area contributed by atoms with E-state index in [9.17, 15) is 4.79 Å². The van der Waals surface area contributed by atoms with Gasteiger partial charge in [0.1, 0.15) is 5.70 Å². The third kappa shape index (κ3) is 5.01. The van der Waals surface area contributed by atoms with Gasteiger partial charge in [-0.1, -0.05) is 59.8 Å². The highest BCUT2D eigenvalue weighted by molar-refractivity contribution is 7.97. The smallest absolute Gasteiger partial charge is 0.268 e. The average molecular weight is 395 g/mol. The average Bonchev–Trinajstić information content (AvgIpc) is 3.16. The maximum atomic E-state index is 12.6. The largest absolute Gasteiger partial charge is 0.341 e. The van der Waals surface area contributed by atoms with Crippen LogP contribution in [0, 0.1) is 6.92 Å². The molecule has 2 N–H and O–H groups in total. The Morgan fingerprint density at radius 3 is 3.07 bits per heavy atom. The second-order valence-corrected chi connectivity index (χ2v) is 7.15. The van der Waals surface area contributed by atoms with Gasteiger partial charge in [0.2, 0.25) is 5.89 Å². The molecule has 3 rings (SSSR count). The quantitative estimate of drug-likeness (QED) is 0.545. The van der Waals surface area contributed by atoms with Gasteiger partial charge in [-0.2, -0.15) is 4.98 Å². The third-order valence-electron chi connectivity index (χ3n) is 3.99. The first-order chi connectivity index (χ1) is 13.6. The van der Waals surface area contributed by atoms with Crippen LogP contribution in [0.5, 0.6) is 0 Å². The number of fused-ring (bicyclic) bond motifs is 1. The van der Waals surface area contributed by atoms with Crippen LogP contribution in [-0.4, -0.2) is 16.0 Å². The lowest BCUT2D eigenvalue weighted by Gasteiger charge is -2.19. The second-order valence-electron chi connectivity index (χ2n) is 6.30. The molecule has 0 spiro atoms. The summed E-state index contributed by atoms with van der Waals surface area (Å²) in [5, 5.41) is 6.86. The Balaban J connectivity index is 1.61. The summed E-state index contributed by atoms with van der Waals surface area (Å²) in [6.07, 6.45) is 11.6. The van der Waals surface area contributed by atoms with Gasteiger partial charge in [-0.15, -0.1) is 0 Å². The number of aromatic nitrogens is 2. The van der Waals surface area contributed by atoms with E-state index in [0.717, 1.165) is 16.0 Å². The Labute approximate surface area is 168 Å². The van der Waals surface area contributed by atoms with E-state index in [1.165, 1.54) is 11.9 Å². The van der Waals surface area contributed by atoms with Crippen LogP contribution in [0.3, 0.4) is 0 Å². The van der Waals surface area contributed by atoms with Crippen molar-refractivity contribution in [3.63, 3.8) is 0 Å². The van der Waals surface area contributed by atoms with Crippen LogP contribution >= 0.6 is 11.9 Å². The van der Waals surface area contributed by atoms with E-state index < -0.39 is 0 Å². The van der Waals surface area contributed by atoms with Crippen molar-refractivity contribution in [2.45, 2.75) is 31.2 Å². The first-order valence-corrected chi connectivity index (χ1v) is 9.71. The molecule has 2 aromatic rings. The van der Waals surface area contributed by atoms with Crippen LogP contribution in [0.2, 0.25) is 0 Å². The van der Waals surface area contributed by atoms with Crippen LogP contribution in [-0.2, 0) is 11.2 Å². The second kappa shape index (κ2) is 9.23. The first-order valence-electron chi connectivity index (χ1n) is 8.89. The predicted molar refractivity (Wildman–Crippen MR) is 111 cm³/mol. The number of rotatable bonds is 7. The molecule has 1 atom stereocenters. The molecule has 28 heavy (non-hydrogen) atoms. The van der Waals surface area contributed by atoms with Crippen molar-refractivity contribution in [2.24, 2.45) is 0 Å². The molecule has 144 valence electrons. The molecule has 0 fully saturated rings. The molecular formula is C21H22N4O2S. The zero-order valence-electron chi connectivity index (χ0n) is 15.8. The highest BCUT2D eigenvalue weighted by atomic mass is 32.2. The number of aryl methyl sites for hydroxylation is 1. The molecular weight excluding hydrogens is 372 g/mol. The topological polar surface area (TPSA) is 80.0 Å². The van der Waals surface area contributed by atoms with Gasteiger partial charge in [0.05, 0.1) is 6.04 Å². The van der Waals surface area contributed by atoms with Gasteiger partial charge in [-0.3, -0.25) is 4.79 Å². The molecule has 0 aliphatic carbocycles. The standard InChI is InChI=1S/C21H22N4O2S/c1-4-5-6-7-8-9-19-23-20(24-27-19)15(3)22-21(26)17-13-16-12-14(2)10-11-18(16)28-25-17/h4-8,10-13,15,25H,1,9H2,2-3H3,(H,22,26)/b6-5-,8-7-. The Morgan fingerprint density at radius 2 is 2.25 bits per heavy atom. The molecule has 0 saturated carbocycles. The van der Waals surface area contributed by atoms with E-state index in [1.54, 1.807) is 6.08 Å². The highest BCUT2D eigenvalue weighted by Crippen LogP contribution is 2.29. The van der Waals surface area contributed by atoms with Crippen LogP contribution in [0.15, 0.2) is 70.3 Å². The van der Waals surface area contributed by atoms with Gasteiger partial charge in [-0.25, -0.2) is 0 Å². The Hall–Kier alpha value is -3.06. The number of allylic oxidation sites excluding steroid dienone is 5. The molecule has 0 bridgehead atoms. The summed E-state index contributed by atoms with van der Waals surface area (Å²) in [6, 6.07) is 5.77. The summed E-state index contributed by atoms with van der Waals surface area (Å²) >= 11 is 1.43. The number of nitrogens with zero attached hydrogens (tertiary/aromatic N) is 2. The molecule has 7 heteroatoms. The zero-order chi connectivity index (χ0) is 19.9. The fourth-order valence-electron chi connectivity index (χ4n) is 2.54. The molecule has 1 amide bonds. The van der Waals surface area contributed by atoms with Crippen molar-refractivity contribution >= 4 is 23.9 Å². The van der Waals surface area contributed by atoms with E-state index in [0.29, 0.717) is 23.8 Å². The minimum Gasteiger partial charge on any atom is -0.341 e. The number of nitrogens with one attached hydrogen (secondary N) is 2. The maximum absolute atomic E-state index is 12.6. The predicted octanol–water partition coefficient (Wildman–Crippen LogP) is 4.05. The van der Waals surface area contributed by atoms with Crippen LogP contribution in [0.4, 0.5) is 0 Å². The third-order valence-corrected chi connectivity index (χ3v) is 4.90. The Bertz CT molecular complexity index is 959. The Morgan fingerprint density at radius 1 is 1.39 bits per heavy atom. The lowest BCUT2D eigenvalue weighted by molar-refractivity contribution is -0.118. The van der Waals surface area contributed by atoms with Crippen LogP contribution in [0.25, 0.3) is 6.08 Å². The summed E-state index contributed by atoms with van der Waals surface area (Å²) in [5.74, 6) is 0.723. The van der Waals surface area contributed by atoms with E-state index in [1.807, 2.05) is 56.4 Å². The first kappa shape index (κ1) is 19.7. The van der Waals surface area contributed by atoms with Gasteiger partial charge in [0.25, 0.3) is 5.91 Å². The maximum Gasteiger partial charge on any atom is 0.268 e. The molecule has 1 aliphatic rings. The number of hydrogen-bond acceptors (Lipinski definition) is 6. The van der Waals surface area contributed by atoms with E-state index in [4.69, 9.17) is 4.52 Å². The molecule has 1 aromatic heterocycles. The minimum absolute atomic E-state index is 0.215. The zero-order valence-corrected chi connectivity index (χ0v) is 16.6. The number of hydrogen-bond donors (Lipinski definition) is 2. The monoisotopic (exact) mass is 394 g/mol.